The molecule has 0 aliphatic rings. The summed E-state index contributed by atoms with van der Waals surface area (Å²) in [5.41, 5.74) is 0. The first-order valence-electron chi connectivity index (χ1n) is 6.38. The fraction of sp³-hybridized carbons (Fsp3) is 0.692. The number of nitrogens with zero attached hydrogens (tertiary/aromatic N) is 2. The van der Waals surface area contributed by atoms with Crippen molar-refractivity contribution in [2.75, 3.05) is 19.0 Å². The summed E-state index contributed by atoms with van der Waals surface area (Å²) >= 11 is 0. The fourth-order valence-electron chi connectivity index (χ4n) is 1.82. The van der Waals surface area contributed by atoms with Crippen LogP contribution >= 0.6 is 0 Å². The Morgan fingerprint density at radius 2 is 2.00 bits per heavy atom. The summed E-state index contributed by atoms with van der Waals surface area (Å²) in [7, 11) is 1.60. The zero-order chi connectivity index (χ0) is 13.5. The summed E-state index contributed by atoms with van der Waals surface area (Å²) in [5.74, 6) is 2.31. The smallest absolute Gasteiger partial charge is 0.262 e. The van der Waals surface area contributed by atoms with E-state index in [0.29, 0.717) is 23.4 Å². The van der Waals surface area contributed by atoms with E-state index < -0.39 is 0 Å². The summed E-state index contributed by atoms with van der Waals surface area (Å²) in [6, 6.07) is 0. The van der Waals surface area contributed by atoms with Gasteiger partial charge in [-0.1, -0.05) is 13.8 Å². The summed E-state index contributed by atoms with van der Waals surface area (Å²) in [5, 5.41) is 3.13. The van der Waals surface area contributed by atoms with Crippen molar-refractivity contribution in [2.24, 2.45) is 5.92 Å². The largest absolute Gasteiger partial charge is 0.489 e. The van der Waals surface area contributed by atoms with Gasteiger partial charge in [0, 0.05) is 6.54 Å². The standard InChI is InChI=1S/C13H23N3O2/c1-6-14-12-11(17-5)13(16-8-15-12)18-10(4)7-9(2)3/h8-10H,6-7H2,1-5H3,(H,14,15,16). The monoisotopic (exact) mass is 253 g/mol. The van der Waals surface area contributed by atoms with Gasteiger partial charge in [-0.15, -0.1) is 0 Å². The predicted octanol–water partition coefficient (Wildman–Crippen LogP) is 2.73. The van der Waals surface area contributed by atoms with E-state index in [9.17, 15) is 0 Å². The Kier molecular flexibility index (Phi) is 5.68. The van der Waals surface area contributed by atoms with Crippen LogP contribution in [-0.4, -0.2) is 29.7 Å². The first-order chi connectivity index (χ1) is 8.58. The zero-order valence-corrected chi connectivity index (χ0v) is 11.9. The second-order valence-corrected chi connectivity index (χ2v) is 4.65. The van der Waals surface area contributed by atoms with Crippen LogP contribution in [-0.2, 0) is 0 Å². The Labute approximate surface area is 109 Å². The summed E-state index contributed by atoms with van der Waals surface area (Å²) < 4.78 is 11.1. The number of anilines is 1. The third-order valence-corrected chi connectivity index (χ3v) is 2.44. The molecular formula is C13H23N3O2. The average molecular weight is 253 g/mol. The van der Waals surface area contributed by atoms with Crippen molar-refractivity contribution in [1.29, 1.82) is 0 Å². The van der Waals surface area contributed by atoms with Gasteiger partial charge in [-0.3, -0.25) is 0 Å². The van der Waals surface area contributed by atoms with Gasteiger partial charge in [0.25, 0.3) is 5.88 Å². The molecule has 0 spiro atoms. The van der Waals surface area contributed by atoms with E-state index in [1.807, 2.05) is 13.8 Å². The van der Waals surface area contributed by atoms with Crippen LogP contribution < -0.4 is 14.8 Å². The maximum Gasteiger partial charge on any atom is 0.262 e. The van der Waals surface area contributed by atoms with Gasteiger partial charge < -0.3 is 14.8 Å². The van der Waals surface area contributed by atoms with Crippen LogP contribution in [0, 0.1) is 5.92 Å². The first-order valence-corrected chi connectivity index (χ1v) is 6.38. The van der Waals surface area contributed by atoms with Gasteiger partial charge in [0.1, 0.15) is 6.33 Å². The van der Waals surface area contributed by atoms with Gasteiger partial charge in [-0.25, -0.2) is 4.98 Å². The number of ether oxygens (including phenoxy) is 2. The lowest BCUT2D eigenvalue weighted by Crippen LogP contribution is -2.16. The molecule has 1 atom stereocenters. The lowest BCUT2D eigenvalue weighted by Gasteiger charge is -2.18. The Bertz CT molecular complexity index is 369. The van der Waals surface area contributed by atoms with Gasteiger partial charge in [0.2, 0.25) is 5.75 Å². The fourth-order valence-corrected chi connectivity index (χ4v) is 1.82. The number of aromatic nitrogens is 2. The highest BCUT2D eigenvalue weighted by atomic mass is 16.5. The molecule has 0 saturated carbocycles. The predicted molar refractivity (Wildman–Crippen MR) is 72.3 cm³/mol. The Balaban J connectivity index is 2.84. The van der Waals surface area contributed by atoms with Crippen molar-refractivity contribution < 1.29 is 9.47 Å². The van der Waals surface area contributed by atoms with Crippen molar-refractivity contribution in [3.05, 3.63) is 6.33 Å². The second kappa shape index (κ2) is 7.03. The molecule has 18 heavy (non-hydrogen) atoms. The molecule has 5 nitrogen and oxygen atoms in total. The minimum absolute atomic E-state index is 0.100. The normalized spacial score (nSPS) is 12.3. The topological polar surface area (TPSA) is 56.3 Å². The van der Waals surface area contributed by atoms with Crippen molar-refractivity contribution in [1.82, 2.24) is 9.97 Å². The maximum absolute atomic E-state index is 5.82. The van der Waals surface area contributed by atoms with E-state index in [0.717, 1.165) is 13.0 Å². The molecular weight excluding hydrogens is 230 g/mol. The molecule has 1 heterocycles. The molecule has 1 aromatic heterocycles. The van der Waals surface area contributed by atoms with Gasteiger partial charge >= 0.3 is 0 Å². The molecule has 0 aromatic carbocycles. The lowest BCUT2D eigenvalue weighted by atomic mass is 10.1. The maximum atomic E-state index is 5.82. The number of hydrogen-bond acceptors (Lipinski definition) is 5. The second-order valence-electron chi connectivity index (χ2n) is 4.65. The molecule has 0 amide bonds. The van der Waals surface area contributed by atoms with Gasteiger partial charge in [-0.05, 0) is 26.2 Å². The molecule has 0 bridgehead atoms. The quantitative estimate of drug-likeness (QED) is 0.809. The molecule has 102 valence electrons. The number of rotatable bonds is 7. The summed E-state index contributed by atoms with van der Waals surface area (Å²) in [4.78, 5) is 8.28. The molecule has 0 fully saturated rings. The number of nitrogens with one attached hydrogen (secondary N) is 1. The minimum atomic E-state index is 0.100. The first kappa shape index (κ1) is 14.5. The Morgan fingerprint density at radius 3 is 2.56 bits per heavy atom. The third kappa shape index (κ3) is 4.05. The highest BCUT2D eigenvalue weighted by molar-refractivity contribution is 5.54. The average Bonchev–Trinajstić information content (AvgIpc) is 2.28. The molecule has 0 radical (unpaired) electrons. The van der Waals surface area contributed by atoms with Gasteiger partial charge in [0.15, 0.2) is 5.82 Å². The number of hydrogen-bond donors (Lipinski definition) is 1. The minimum Gasteiger partial charge on any atom is -0.489 e. The molecule has 0 aliphatic heterocycles. The van der Waals surface area contributed by atoms with E-state index in [2.05, 4.69) is 29.1 Å². The molecule has 1 N–H and O–H groups in total. The molecule has 0 saturated heterocycles. The van der Waals surface area contributed by atoms with Gasteiger partial charge in [-0.2, -0.15) is 4.98 Å². The van der Waals surface area contributed by atoms with Crippen LogP contribution in [0.3, 0.4) is 0 Å². The zero-order valence-electron chi connectivity index (χ0n) is 11.9. The molecule has 5 heteroatoms. The molecule has 1 rings (SSSR count). The van der Waals surface area contributed by atoms with E-state index in [1.165, 1.54) is 6.33 Å². The van der Waals surface area contributed by atoms with Crippen LogP contribution in [0.15, 0.2) is 6.33 Å². The van der Waals surface area contributed by atoms with E-state index in [-0.39, 0.29) is 6.10 Å². The van der Waals surface area contributed by atoms with Crippen molar-refractivity contribution in [3.63, 3.8) is 0 Å². The van der Waals surface area contributed by atoms with Crippen LogP contribution in [0.2, 0.25) is 0 Å². The Morgan fingerprint density at radius 1 is 1.28 bits per heavy atom. The van der Waals surface area contributed by atoms with Crippen molar-refractivity contribution in [2.45, 2.75) is 40.2 Å². The molecule has 1 unspecified atom stereocenters. The lowest BCUT2D eigenvalue weighted by molar-refractivity contribution is 0.177. The summed E-state index contributed by atoms with van der Waals surface area (Å²) in [6.07, 6.45) is 2.56. The van der Waals surface area contributed by atoms with Crippen molar-refractivity contribution >= 4 is 5.82 Å². The van der Waals surface area contributed by atoms with Crippen molar-refractivity contribution in [3.8, 4) is 11.6 Å². The van der Waals surface area contributed by atoms with E-state index in [4.69, 9.17) is 9.47 Å². The summed E-state index contributed by atoms with van der Waals surface area (Å²) in [6.45, 7) is 9.15. The van der Waals surface area contributed by atoms with Gasteiger partial charge in [0.05, 0.1) is 13.2 Å². The number of methoxy groups -OCH3 is 1. The highest BCUT2D eigenvalue weighted by Gasteiger charge is 2.16. The van der Waals surface area contributed by atoms with Crippen LogP contribution in [0.25, 0.3) is 0 Å². The molecule has 1 aromatic rings. The Hall–Kier alpha value is -1.52. The van der Waals surface area contributed by atoms with E-state index >= 15 is 0 Å². The van der Waals surface area contributed by atoms with Crippen LogP contribution in [0.5, 0.6) is 11.6 Å². The van der Waals surface area contributed by atoms with Crippen LogP contribution in [0.4, 0.5) is 5.82 Å². The van der Waals surface area contributed by atoms with E-state index in [1.54, 1.807) is 7.11 Å². The highest BCUT2D eigenvalue weighted by Crippen LogP contribution is 2.31. The molecule has 0 aliphatic carbocycles. The third-order valence-electron chi connectivity index (χ3n) is 2.44. The van der Waals surface area contributed by atoms with Crippen LogP contribution in [0.1, 0.15) is 34.1 Å². The SMILES string of the molecule is CCNc1ncnc(OC(C)CC(C)C)c1OC.